The van der Waals surface area contributed by atoms with E-state index >= 15 is 0 Å². The maximum absolute atomic E-state index is 11.2. The molecule has 1 aliphatic rings. The maximum atomic E-state index is 11.2. The highest BCUT2D eigenvalue weighted by Crippen LogP contribution is 2.26. The zero-order valence-corrected chi connectivity index (χ0v) is 8.95. The highest BCUT2D eigenvalue weighted by Gasteiger charge is 2.26. The van der Waals surface area contributed by atoms with Crippen LogP contribution in [0.2, 0.25) is 0 Å². The Hall–Kier alpha value is -0.610. The highest BCUT2D eigenvalue weighted by molar-refractivity contribution is 5.77. The van der Waals surface area contributed by atoms with Crippen molar-refractivity contribution >= 4 is 5.91 Å². The molecule has 0 aromatic rings. The number of carbonyl (C=O) groups excluding carboxylic acids is 1. The molecule has 0 spiro atoms. The lowest BCUT2D eigenvalue weighted by atomic mass is 9.87. The van der Waals surface area contributed by atoms with Crippen molar-refractivity contribution < 1.29 is 9.53 Å². The Bertz CT molecular complexity index is 187. The van der Waals surface area contributed by atoms with Gasteiger partial charge in [0.1, 0.15) is 0 Å². The quantitative estimate of drug-likeness (QED) is 0.405. The van der Waals surface area contributed by atoms with E-state index in [2.05, 4.69) is 5.43 Å². The molecule has 4 heteroatoms. The number of amides is 1. The lowest BCUT2D eigenvalue weighted by Gasteiger charge is -2.28. The van der Waals surface area contributed by atoms with Crippen LogP contribution in [0.5, 0.6) is 0 Å². The minimum atomic E-state index is -0.0343. The van der Waals surface area contributed by atoms with Gasteiger partial charge in [-0.25, -0.2) is 5.84 Å². The summed E-state index contributed by atoms with van der Waals surface area (Å²) in [5.74, 6) is 5.14. The maximum Gasteiger partial charge on any atom is 0.236 e. The molecule has 0 aliphatic heterocycles. The third-order valence-electron chi connectivity index (χ3n) is 2.65. The zero-order chi connectivity index (χ0) is 10.6. The first kappa shape index (κ1) is 11.5. The van der Waals surface area contributed by atoms with Crippen LogP contribution in [-0.4, -0.2) is 18.1 Å². The van der Waals surface area contributed by atoms with Crippen molar-refractivity contribution in [2.75, 3.05) is 0 Å². The van der Waals surface area contributed by atoms with Crippen LogP contribution in [0, 0.1) is 5.92 Å². The van der Waals surface area contributed by atoms with Crippen LogP contribution in [0.3, 0.4) is 0 Å². The number of ether oxygens (including phenoxy) is 1. The Labute approximate surface area is 85.2 Å². The van der Waals surface area contributed by atoms with Crippen LogP contribution in [-0.2, 0) is 9.53 Å². The Morgan fingerprint density at radius 3 is 2.36 bits per heavy atom. The molecule has 14 heavy (non-hydrogen) atoms. The topological polar surface area (TPSA) is 64.3 Å². The normalized spacial score (nSPS) is 27.7. The third-order valence-corrected chi connectivity index (χ3v) is 2.65. The summed E-state index contributed by atoms with van der Waals surface area (Å²) in [5, 5.41) is 0. The van der Waals surface area contributed by atoms with Crippen LogP contribution in [0.15, 0.2) is 0 Å². The predicted octanol–water partition coefficient (Wildman–Crippen LogP) is 0.960. The summed E-state index contributed by atoms with van der Waals surface area (Å²) < 4.78 is 5.69. The fraction of sp³-hybridized carbons (Fsp3) is 0.900. The predicted molar refractivity (Wildman–Crippen MR) is 54.3 cm³/mol. The van der Waals surface area contributed by atoms with Crippen molar-refractivity contribution in [2.24, 2.45) is 11.8 Å². The molecule has 1 amide bonds. The molecule has 0 radical (unpaired) electrons. The number of hydrogen-bond acceptors (Lipinski definition) is 3. The molecule has 4 nitrogen and oxygen atoms in total. The van der Waals surface area contributed by atoms with Crippen LogP contribution in [0.25, 0.3) is 0 Å². The minimum absolute atomic E-state index is 0.0343. The lowest BCUT2D eigenvalue weighted by molar-refractivity contribution is -0.127. The van der Waals surface area contributed by atoms with Crippen molar-refractivity contribution in [3.05, 3.63) is 0 Å². The summed E-state index contributed by atoms with van der Waals surface area (Å²) >= 11 is 0. The van der Waals surface area contributed by atoms with Gasteiger partial charge in [0, 0.05) is 5.92 Å². The second-order valence-corrected chi connectivity index (χ2v) is 4.17. The molecule has 1 fully saturated rings. The van der Waals surface area contributed by atoms with Crippen molar-refractivity contribution in [3.63, 3.8) is 0 Å². The Morgan fingerprint density at radius 1 is 1.36 bits per heavy atom. The van der Waals surface area contributed by atoms with Gasteiger partial charge in [-0.1, -0.05) is 0 Å². The van der Waals surface area contributed by atoms with Crippen LogP contribution >= 0.6 is 0 Å². The van der Waals surface area contributed by atoms with Crippen molar-refractivity contribution in [3.8, 4) is 0 Å². The molecule has 1 saturated carbocycles. The molecule has 0 bridgehead atoms. The van der Waals surface area contributed by atoms with Gasteiger partial charge in [0.2, 0.25) is 5.91 Å². The summed E-state index contributed by atoms with van der Waals surface area (Å²) in [4.78, 5) is 11.2. The molecule has 0 atom stereocenters. The van der Waals surface area contributed by atoms with E-state index in [9.17, 15) is 4.79 Å². The number of nitrogens with one attached hydrogen (secondary N) is 1. The van der Waals surface area contributed by atoms with Crippen molar-refractivity contribution in [1.82, 2.24) is 5.43 Å². The van der Waals surface area contributed by atoms with Gasteiger partial charge >= 0.3 is 0 Å². The second kappa shape index (κ2) is 5.32. The number of nitrogens with two attached hydrogens (primary N) is 1. The first-order valence-corrected chi connectivity index (χ1v) is 5.29. The van der Waals surface area contributed by atoms with Crippen LogP contribution in [0.1, 0.15) is 39.5 Å². The molecule has 0 saturated heterocycles. The SMILES string of the molecule is CC(C)O[C@H]1CC[C@@H](C(=O)NN)CC1. The summed E-state index contributed by atoms with van der Waals surface area (Å²) in [6.45, 7) is 4.08. The molecular weight excluding hydrogens is 180 g/mol. The second-order valence-electron chi connectivity index (χ2n) is 4.17. The summed E-state index contributed by atoms with van der Waals surface area (Å²) in [5.41, 5.74) is 2.21. The van der Waals surface area contributed by atoms with E-state index in [0.29, 0.717) is 6.10 Å². The average molecular weight is 200 g/mol. The molecule has 3 N–H and O–H groups in total. The largest absolute Gasteiger partial charge is 0.376 e. The molecule has 0 heterocycles. The summed E-state index contributed by atoms with van der Waals surface area (Å²) in [6, 6.07) is 0. The van der Waals surface area contributed by atoms with Gasteiger partial charge in [-0.15, -0.1) is 0 Å². The van der Waals surface area contributed by atoms with E-state index in [1.165, 1.54) is 0 Å². The highest BCUT2D eigenvalue weighted by atomic mass is 16.5. The minimum Gasteiger partial charge on any atom is -0.376 e. The number of hydrazine groups is 1. The fourth-order valence-electron chi connectivity index (χ4n) is 1.96. The standard InChI is InChI=1S/C10H20N2O2/c1-7(2)14-9-5-3-8(4-6-9)10(13)12-11/h7-9H,3-6,11H2,1-2H3,(H,12,13)/t8-,9+. The molecule has 82 valence electrons. The fourth-order valence-corrected chi connectivity index (χ4v) is 1.96. The van der Waals surface area contributed by atoms with E-state index in [0.717, 1.165) is 25.7 Å². The molecule has 0 aromatic heterocycles. The summed E-state index contributed by atoms with van der Waals surface area (Å²) in [7, 11) is 0. The van der Waals surface area contributed by atoms with Crippen LogP contribution in [0.4, 0.5) is 0 Å². The van der Waals surface area contributed by atoms with E-state index in [4.69, 9.17) is 10.6 Å². The van der Waals surface area contributed by atoms with Crippen molar-refractivity contribution in [1.29, 1.82) is 0 Å². The molecule has 0 unspecified atom stereocenters. The van der Waals surface area contributed by atoms with Crippen molar-refractivity contribution in [2.45, 2.75) is 51.7 Å². The Kier molecular flexibility index (Phi) is 4.35. The van der Waals surface area contributed by atoms with Gasteiger partial charge < -0.3 is 4.74 Å². The third kappa shape index (κ3) is 3.27. The number of rotatable bonds is 3. The van der Waals surface area contributed by atoms with E-state index in [1.54, 1.807) is 0 Å². The van der Waals surface area contributed by atoms with E-state index < -0.39 is 0 Å². The first-order chi connectivity index (χ1) is 6.63. The lowest BCUT2D eigenvalue weighted by Crippen LogP contribution is -2.38. The van der Waals surface area contributed by atoms with Gasteiger partial charge in [0.05, 0.1) is 12.2 Å². The van der Waals surface area contributed by atoms with Gasteiger partial charge in [-0.2, -0.15) is 0 Å². The summed E-state index contributed by atoms with van der Waals surface area (Å²) in [6.07, 6.45) is 4.32. The van der Waals surface area contributed by atoms with E-state index in [1.807, 2.05) is 13.8 Å². The average Bonchev–Trinajstić information content (AvgIpc) is 2.17. The molecule has 1 rings (SSSR count). The van der Waals surface area contributed by atoms with Gasteiger partial charge in [0.15, 0.2) is 0 Å². The molecule has 1 aliphatic carbocycles. The smallest absolute Gasteiger partial charge is 0.236 e. The van der Waals surface area contributed by atoms with E-state index in [-0.39, 0.29) is 17.9 Å². The monoisotopic (exact) mass is 200 g/mol. The molecule has 0 aromatic carbocycles. The Morgan fingerprint density at radius 2 is 1.93 bits per heavy atom. The van der Waals surface area contributed by atoms with Crippen LogP contribution < -0.4 is 11.3 Å². The van der Waals surface area contributed by atoms with Gasteiger partial charge in [0.25, 0.3) is 0 Å². The van der Waals surface area contributed by atoms with Gasteiger partial charge in [-0.05, 0) is 39.5 Å². The number of carbonyl (C=O) groups is 1. The Balaban J connectivity index is 2.27. The van der Waals surface area contributed by atoms with Gasteiger partial charge in [-0.3, -0.25) is 10.2 Å². The first-order valence-electron chi connectivity index (χ1n) is 5.29. The molecular formula is C10H20N2O2. The zero-order valence-electron chi connectivity index (χ0n) is 8.95. The number of hydrogen-bond donors (Lipinski definition) is 2.